The molecular formula is C10H4ClF3O5S. The van der Waals surface area contributed by atoms with E-state index in [4.69, 9.17) is 11.6 Å². The summed E-state index contributed by atoms with van der Waals surface area (Å²) in [5, 5.41) is -0.0782. The molecule has 2 rings (SSSR count). The van der Waals surface area contributed by atoms with Gasteiger partial charge in [-0.25, -0.2) is 4.79 Å². The van der Waals surface area contributed by atoms with Gasteiger partial charge in [0.05, 0.1) is 11.5 Å². The second-order valence-corrected chi connectivity index (χ2v) is 5.53. The van der Waals surface area contributed by atoms with Crippen LogP contribution >= 0.6 is 11.6 Å². The lowest BCUT2D eigenvalue weighted by Gasteiger charge is -2.10. The molecule has 0 aliphatic heterocycles. The first-order chi connectivity index (χ1) is 9.10. The highest BCUT2D eigenvalue weighted by Crippen LogP contribution is 2.31. The summed E-state index contributed by atoms with van der Waals surface area (Å²) in [5.41, 5.74) is -6.84. The molecule has 0 spiro atoms. The van der Waals surface area contributed by atoms with Gasteiger partial charge in [-0.2, -0.15) is 21.6 Å². The first kappa shape index (κ1) is 14.7. The summed E-state index contributed by atoms with van der Waals surface area (Å²) >= 11 is 5.64. The molecule has 0 atom stereocenters. The number of halogens is 4. The van der Waals surface area contributed by atoms with Crippen LogP contribution in [-0.2, 0) is 10.1 Å². The van der Waals surface area contributed by atoms with Crippen LogP contribution < -0.4 is 9.81 Å². The molecule has 1 aromatic carbocycles. The first-order valence-electron chi connectivity index (χ1n) is 4.84. The van der Waals surface area contributed by atoms with Crippen molar-refractivity contribution in [2.45, 2.75) is 5.51 Å². The fourth-order valence-corrected chi connectivity index (χ4v) is 1.98. The normalized spacial score (nSPS) is 12.6. The minimum absolute atomic E-state index is 0.0978. The third-order valence-electron chi connectivity index (χ3n) is 2.15. The van der Waals surface area contributed by atoms with Crippen LogP contribution in [0.5, 0.6) is 5.75 Å². The largest absolute Gasteiger partial charge is 0.534 e. The van der Waals surface area contributed by atoms with E-state index in [1.54, 1.807) is 0 Å². The number of hydrogen-bond acceptors (Lipinski definition) is 5. The van der Waals surface area contributed by atoms with E-state index in [1.807, 2.05) is 0 Å². The van der Waals surface area contributed by atoms with E-state index in [0.717, 1.165) is 6.07 Å². The molecule has 0 fully saturated rings. The second kappa shape index (κ2) is 4.67. The van der Waals surface area contributed by atoms with Gasteiger partial charge >= 0.3 is 21.3 Å². The average molecular weight is 329 g/mol. The van der Waals surface area contributed by atoms with Crippen LogP contribution in [0.2, 0.25) is 5.02 Å². The van der Waals surface area contributed by atoms with Crippen molar-refractivity contribution in [3.8, 4) is 5.75 Å². The predicted molar refractivity (Wildman–Crippen MR) is 63.1 cm³/mol. The van der Waals surface area contributed by atoms with Crippen LogP contribution in [0.15, 0.2) is 33.5 Å². The van der Waals surface area contributed by atoms with Crippen molar-refractivity contribution in [1.29, 1.82) is 0 Å². The fourth-order valence-electron chi connectivity index (χ4n) is 1.34. The molecule has 108 valence electrons. The van der Waals surface area contributed by atoms with Gasteiger partial charge in [-0.1, -0.05) is 11.6 Å². The zero-order chi connectivity index (χ0) is 15.1. The summed E-state index contributed by atoms with van der Waals surface area (Å²) in [4.78, 5) is 11.2. The standard InChI is InChI=1S/C10H4ClF3O5S/c11-5-1-2-7-6(3-5)8(4-9(15)18-7)19-20(16,17)10(12,13)14/h1-4H. The van der Waals surface area contributed by atoms with Crippen molar-refractivity contribution in [3.05, 3.63) is 39.7 Å². The molecule has 0 aliphatic rings. The molecule has 0 radical (unpaired) electrons. The summed E-state index contributed by atoms with van der Waals surface area (Å²) in [7, 11) is -5.90. The summed E-state index contributed by atoms with van der Waals surface area (Å²) < 4.78 is 67.3. The highest BCUT2D eigenvalue weighted by Gasteiger charge is 2.48. The Hall–Kier alpha value is -1.74. The van der Waals surface area contributed by atoms with Gasteiger partial charge in [-0.15, -0.1) is 0 Å². The summed E-state index contributed by atoms with van der Waals surface area (Å²) in [6, 6.07) is 4.12. The van der Waals surface area contributed by atoms with E-state index in [2.05, 4.69) is 8.60 Å². The average Bonchev–Trinajstić information content (AvgIpc) is 2.28. The van der Waals surface area contributed by atoms with E-state index in [-0.39, 0.29) is 16.0 Å². The molecule has 0 aliphatic carbocycles. The topological polar surface area (TPSA) is 73.6 Å². The number of rotatable bonds is 2. The Kier molecular flexibility index (Phi) is 3.42. The summed E-state index contributed by atoms with van der Waals surface area (Å²) in [6.45, 7) is 0. The lowest BCUT2D eigenvalue weighted by atomic mass is 10.2. The molecule has 1 heterocycles. The zero-order valence-corrected chi connectivity index (χ0v) is 10.8. The van der Waals surface area contributed by atoms with E-state index >= 15 is 0 Å². The van der Waals surface area contributed by atoms with Gasteiger partial charge < -0.3 is 8.60 Å². The Morgan fingerprint density at radius 3 is 2.45 bits per heavy atom. The molecule has 0 N–H and O–H groups in total. The van der Waals surface area contributed by atoms with Gasteiger partial charge in [0.25, 0.3) is 0 Å². The molecule has 5 nitrogen and oxygen atoms in total. The molecular weight excluding hydrogens is 325 g/mol. The first-order valence-corrected chi connectivity index (χ1v) is 6.63. The molecule has 10 heteroatoms. The lowest BCUT2D eigenvalue weighted by Crippen LogP contribution is -2.28. The van der Waals surface area contributed by atoms with E-state index in [1.165, 1.54) is 12.1 Å². The maximum atomic E-state index is 12.3. The van der Waals surface area contributed by atoms with Gasteiger partial charge in [0.15, 0.2) is 5.75 Å². The second-order valence-electron chi connectivity index (χ2n) is 3.55. The number of hydrogen-bond donors (Lipinski definition) is 0. The zero-order valence-electron chi connectivity index (χ0n) is 9.27. The third kappa shape index (κ3) is 2.73. The van der Waals surface area contributed by atoms with Crippen LogP contribution in [0.3, 0.4) is 0 Å². The Bertz CT molecular complexity index is 825. The Morgan fingerprint density at radius 1 is 1.20 bits per heavy atom. The van der Waals surface area contributed by atoms with Gasteiger partial charge in [-0.05, 0) is 18.2 Å². The molecule has 1 aromatic heterocycles. The number of fused-ring (bicyclic) bond motifs is 1. The predicted octanol–water partition coefficient (Wildman–Crippen LogP) is 2.67. The Morgan fingerprint density at radius 2 is 1.85 bits per heavy atom. The Labute approximate surface area is 114 Å². The number of benzene rings is 1. The fraction of sp³-hybridized carbons (Fsp3) is 0.100. The van der Waals surface area contributed by atoms with Crippen LogP contribution in [0.1, 0.15) is 0 Å². The van der Waals surface area contributed by atoms with E-state index in [9.17, 15) is 26.4 Å². The quantitative estimate of drug-likeness (QED) is 0.481. The molecule has 0 unspecified atom stereocenters. The highest BCUT2D eigenvalue weighted by atomic mass is 35.5. The van der Waals surface area contributed by atoms with Crippen molar-refractivity contribution in [1.82, 2.24) is 0 Å². The Balaban J connectivity index is 2.66. The van der Waals surface area contributed by atoms with E-state index in [0.29, 0.717) is 6.07 Å². The van der Waals surface area contributed by atoms with Crippen LogP contribution in [0.25, 0.3) is 11.0 Å². The van der Waals surface area contributed by atoms with Crippen molar-refractivity contribution in [2.24, 2.45) is 0 Å². The van der Waals surface area contributed by atoms with Gasteiger partial charge in [0, 0.05) is 5.02 Å². The SMILES string of the molecule is O=c1cc(OS(=O)(=O)C(F)(F)F)c2cc(Cl)ccc2o1. The van der Waals surface area contributed by atoms with Crippen molar-refractivity contribution >= 4 is 32.7 Å². The molecule has 0 bridgehead atoms. The van der Waals surface area contributed by atoms with Crippen LogP contribution in [0, 0.1) is 0 Å². The maximum Gasteiger partial charge on any atom is 0.534 e. The summed E-state index contributed by atoms with van der Waals surface area (Å²) in [6.07, 6.45) is 0. The van der Waals surface area contributed by atoms with Gasteiger partial charge in [-0.3, -0.25) is 0 Å². The van der Waals surface area contributed by atoms with Gasteiger partial charge in [0.1, 0.15) is 5.58 Å². The van der Waals surface area contributed by atoms with Crippen LogP contribution in [-0.4, -0.2) is 13.9 Å². The van der Waals surface area contributed by atoms with Crippen molar-refractivity contribution in [3.63, 3.8) is 0 Å². The molecule has 0 saturated heterocycles. The number of alkyl halides is 3. The lowest BCUT2D eigenvalue weighted by molar-refractivity contribution is -0.0499. The maximum absolute atomic E-state index is 12.3. The smallest absolute Gasteiger partial charge is 0.422 e. The molecule has 0 saturated carbocycles. The van der Waals surface area contributed by atoms with E-state index < -0.39 is 27.0 Å². The monoisotopic (exact) mass is 328 g/mol. The molecule has 0 amide bonds. The molecule has 20 heavy (non-hydrogen) atoms. The summed E-state index contributed by atoms with van der Waals surface area (Å²) in [5.74, 6) is -0.809. The highest BCUT2D eigenvalue weighted by molar-refractivity contribution is 7.88. The van der Waals surface area contributed by atoms with Crippen molar-refractivity contribution < 1.29 is 30.2 Å². The van der Waals surface area contributed by atoms with Crippen LogP contribution in [0.4, 0.5) is 13.2 Å². The van der Waals surface area contributed by atoms with Crippen molar-refractivity contribution in [2.75, 3.05) is 0 Å². The van der Waals surface area contributed by atoms with Gasteiger partial charge in [0.2, 0.25) is 0 Å². The molecule has 2 aromatic rings. The third-order valence-corrected chi connectivity index (χ3v) is 3.35. The minimum Gasteiger partial charge on any atom is -0.422 e. The minimum atomic E-state index is -5.90.